The van der Waals surface area contributed by atoms with E-state index >= 15 is 0 Å². The number of carbonyl (C=O) groups is 3. The highest BCUT2D eigenvalue weighted by Gasteiger charge is 2.36. The van der Waals surface area contributed by atoms with Crippen LogP contribution in [0.1, 0.15) is 32.1 Å². The van der Waals surface area contributed by atoms with Crippen molar-refractivity contribution in [3.8, 4) is 0 Å². The van der Waals surface area contributed by atoms with Crippen LogP contribution in [0.4, 0.5) is 4.79 Å². The number of carboxylic acids is 2. The van der Waals surface area contributed by atoms with Gasteiger partial charge in [-0.1, -0.05) is 12.8 Å². The number of nitrogens with one attached hydrogen (secondary N) is 2. The molecule has 1 atom stereocenters. The molecule has 8 heteroatoms. The number of hydrogen-bond donors (Lipinski definition) is 4. The van der Waals surface area contributed by atoms with Gasteiger partial charge in [0.15, 0.2) is 0 Å². The molecule has 0 bridgehead atoms. The Morgan fingerprint density at radius 1 is 1.19 bits per heavy atom. The van der Waals surface area contributed by atoms with Crippen LogP contribution in [0.5, 0.6) is 0 Å². The van der Waals surface area contributed by atoms with E-state index in [1.165, 1.54) is 0 Å². The summed E-state index contributed by atoms with van der Waals surface area (Å²) >= 11 is 0. The first-order valence-corrected chi connectivity index (χ1v) is 6.93. The van der Waals surface area contributed by atoms with Crippen molar-refractivity contribution in [1.82, 2.24) is 15.5 Å². The Morgan fingerprint density at radius 2 is 1.76 bits per heavy atom. The number of carbonyl (C=O) groups excluding carboxylic acids is 1. The minimum Gasteiger partial charge on any atom is -0.481 e. The fraction of sp³-hybridized carbons (Fsp3) is 0.769. The van der Waals surface area contributed by atoms with Gasteiger partial charge in [-0.05, 0) is 26.9 Å². The summed E-state index contributed by atoms with van der Waals surface area (Å²) in [5, 5.41) is 22.3. The van der Waals surface area contributed by atoms with Crippen LogP contribution in [0.2, 0.25) is 0 Å². The van der Waals surface area contributed by atoms with Crippen LogP contribution in [-0.2, 0) is 9.59 Å². The zero-order chi connectivity index (χ0) is 16.0. The van der Waals surface area contributed by atoms with Crippen molar-refractivity contribution < 1.29 is 24.6 Å². The lowest BCUT2D eigenvalue weighted by atomic mass is 9.96. The SMILES string of the molecule is CN(C)C1(CNC(=O)N[C@H](CC(=O)O)C(=O)O)CCCC1. The molecule has 8 nitrogen and oxygen atoms in total. The van der Waals surface area contributed by atoms with E-state index in [0.29, 0.717) is 6.54 Å². The summed E-state index contributed by atoms with van der Waals surface area (Å²) in [4.78, 5) is 35.3. The molecular formula is C13H23N3O5. The van der Waals surface area contributed by atoms with Crippen LogP contribution in [0.25, 0.3) is 0 Å². The van der Waals surface area contributed by atoms with Crippen LogP contribution in [0.15, 0.2) is 0 Å². The van der Waals surface area contributed by atoms with E-state index < -0.39 is 30.4 Å². The molecule has 1 fully saturated rings. The number of nitrogens with zero attached hydrogens (tertiary/aromatic N) is 1. The first kappa shape index (κ1) is 17.2. The maximum absolute atomic E-state index is 11.8. The normalized spacial score (nSPS) is 18.2. The van der Waals surface area contributed by atoms with Gasteiger partial charge in [-0.25, -0.2) is 9.59 Å². The first-order valence-electron chi connectivity index (χ1n) is 6.93. The Bertz CT molecular complexity index is 405. The van der Waals surface area contributed by atoms with Crippen molar-refractivity contribution in [3.05, 3.63) is 0 Å². The average Bonchev–Trinajstić information content (AvgIpc) is 2.85. The van der Waals surface area contributed by atoms with Crippen LogP contribution in [0.3, 0.4) is 0 Å². The number of carboxylic acid groups (broad SMARTS) is 2. The lowest BCUT2D eigenvalue weighted by Crippen LogP contribution is -2.54. The van der Waals surface area contributed by atoms with E-state index in [9.17, 15) is 14.4 Å². The van der Waals surface area contributed by atoms with Crippen molar-refractivity contribution in [2.45, 2.75) is 43.7 Å². The molecule has 4 N–H and O–H groups in total. The third kappa shape index (κ3) is 4.89. The van der Waals surface area contributed by atoms with Crippen LogP contribution < -0.4 is 10.6 Å². The summed E-state index contributed by atoms with van der Waals surface area (Å²) in [6.45, 7) is 0.408. The van der Waals surface area contributed by atoms with Gasteiger partial charge in [-0.15, -0.1) is 0 Å². The zero-order valence-corrected chi connectivity index (χ0v) is 12.4. The van der Waals surface area contributed by atoms with Gasteiger partial charge >= 0.3 is 18.0 Å². The minimum absolute atomic E-state index is 0.108. The number of hydrogen-bond acceptors (Lipinski definition) is 4. The topological polar surface area (TPSA) is 119 Å². The number of likely N-dealkylation sites (N-methyl/N-ethyl adjacent to an activating group) is 1. The fourth-order valence-electron chi connectivity index (χ4n) is 2.64. The molecule has 0 radical (unpaired) electrons. The van der Waals surface area contributed by atoms with Gasteiger partial charge in [0.1, 0.15) is 6.04 Å². The van der Waals surface area contributed by atoms with Gasteiger partial charge in [-0.3, -0.25) is 4.79 Å². The standard InChI is InChI=1S/C13H23N3O5/c1-16(2)13(5-3-4-6-13)8-14-12(21)15-9(11(19)20)7-10(17)18/h9H,3-8H2,1-2H3,(H,17,18)(H,19,20)(H2,14,15,21)/t9-/m1/s1. The zero-order valence-electron chi connectivity index (χ0n) is 12.4. The van der Waals surface area contributed by atoms with Crippen molar-refractivity contribution in [2.24, 2.45) is 0 Å². The van der Waals surface area contributed by atoms with E-state index in [1.54, 1.807) is 0 Å². The van der Waals surface area contributed by atoms with Gasteiger partial charge < -0.3 is 25.7 Å². The summed E-state index contributed by atoms with van der Waals surface area (Å²) in [5.41, 5.74) is -0.108. The summed E-state index contributed by atoms with van der Waals surface area (Å²) in [6, 6.07) is -2.09. The van der Waals surface area contributed by atoms with Crippen molar-refractivity contribution in [1.29, 1.82) is 0 Å². The van der Waals surface area contributed by atoms with E-state index in [2.05, 4.69) is 15.5 Å². The molecule has 1 saturated carbocycles. The van der Waals surface area contributed by atoms with Crippen LogP contribution >= 0.6 is 0 Å². The van der Waals surface area contributed by atoms with E-state index in [0.717, 1.165) is 25.7 Å². The lowest BCUT2D eigenvalue weighted by molar-refractivity contribution is -0.145. The molecule has 120 valence electrons. The monoisotopic (exact) mass is 301 g/mol. The largest absolute Gasteiger partial charge is 0.481 e. The van der Waals surface area contributed by atoms with E-state index in [1.807, 2.05) is 14.1 Å². The first-order chi connectivity index (χ1) is 9.77. The Labute approximate surface area is 123 Å². The van der Waals surface area contributed by atoms with Crippen molar-refractivity contribution in [3.63, 3.8) is 0 Å². The Kier molecular flexibility index (Phi) is 5.95. The second kappa shape index (κ2) is 7.26. The van der Waals surface area contributed by atoms with E-state index in [-0.39, 0.29) is 5.54 Å². The average molecular weight is 301 g/mol. The highest BCUT2D eigenvalue weighted by atomic mass is 16.4. The molecule has 1 aliphatic carbocycles. The molecule has 1 aliphatic rings. The molecule has 0 heterocycles. The molecule has 0 aromatic heterocycles. The third-order valence-electron chi connectivity index (χ3n) is 4.04. The minimum atomic E-state index is -1.43. The van der Waals surface area contributed by atoms with Crippen molar-refractivity contribution in [2.75, 3.05) is 20.6 Å². The number of amides is 2. The predicted molar refractivity (Wildman–Crippen MR) is 75.1 cm³/mol. The Morgan fingerprint density at radius 3 is 2.19 bits per heavy atom. The molecule has 21 heavy (non-hydrogen) atoms. The predicted octanol–water partition coefficient (Wildman–Crippen LogP) is 0.0879. The highest BCUT2D eigenvalue weighted by Crippen LogP contribution is 2.32. The maximum Gasteiger partial charge on any atom is 0.326 e. The van der Waals surface area contributed by atoms with Gasteiger partial charge in [0, 0.05) is 12.1 Å². The molecule has 0 unspecified atom stereocenters. The molecule has 0 aliphatic heterocycles. The maximum atomic E-state index is 11.8. The summed E-state index contributed by atoms with van der Waals surface area (Å²) < 4.78 is 0. The second-order valence-electron chi connectivity index (χ2n) is 5.64. The lowest BCUT2D eigenvalue weighted by Gasteiger charge is -2.36. The molecule has 0 aromatic rings. The molecule has 0 spiro atoms. The van der Waals surface area contributed by atoms with Gasteiger partial charge in [-0.2, -0.15) is 0 Å². The summed E-state index contributed by atoms with van der Waals surface area (Å²) in [5.74, 6) is -2.64. The Balaban J connectivity index is 2.52. The fourth-order valence-corrected chi connectivity index (χ4v) is 2.64. The second-order valence-corrected chi connectivity index (χ2v) is 5.64. The molecule has 1 rings (SSSR count). The molecule has 0 saturated heterocycles. The Hall–Kier alpha value is -1.83. The quantitative estimate of drug-likeness (QED) is 0.529. The molecule has 2 amide bonds. The molecular weight excluding hydrogens is 278 g/mol. The summed E-state index contributed by atoms with van der Waals surface area (Å²) in [7, 11) is 3.91. The number of aliphatic carboxylic acids is 2. The summed E-state index contributed by atoms with van der Waals surface area (Å²) in [6.07, 6.45) is 3.48. The number of urea groups is 1. The van der Waals surface area contributed by atoms with E-state index in [4.69, 9.17) is 10.2 Å². The van der Waals surface area contributed by atoms with Crippen LogP contribution in [-0.4, -0.2) is 65.3 Å². The smallest absolute Gasteiger partial charge is 0.326 e. The molecule has 0 aromatic carbocycles. The van der Waals surface area contributed by atoms with Crippen LogP contribution in [0, 0.1) is 0 Å². The third-order valence-corrected chi connectivity index (χ3v) is 4.04. The van der Waals surface area contributed by atoms with Gasteiger partial charge in [0.25, 0.3) is 0 Å². The van der Waals surface area contributed by atoms with Gasteiger partial charge in [0.2, 0.25) is 0 Å². The number of rotatable bonds is 7. The van der Waals surface area contributed by atoms with Crippen molar-refractivity contribution >= 4 is 18.0 Å². The van der Waals surface area contributed by atoms with Gasteiger partial charge in [0.05, 0.1) is 6.42 Å². The highest BCUT2D eigenvalue weighted by molar-refractivity contribution is 5.86.